The molecule has 0 saturated carbocycles. The molecule has 0 radical (unpaired) electrons. The second kappa shape index (κ2) is 8.76. The van der Waals surface area contributed by atoms with E-state index in [-0.39, 0.29) is 28.8 Å². The van der Waals surface area contributed by atoms with Crippen LogP contribution in [0.1, 0.15) is 31.5 Å². The Balaban J connectivity index is 0.00000101. The number of aryl methyl sites for hydroxylation is 1. The van der Waals surface area contributed by atoms with Gasteiger partial charge in [0.2, 0.25) is 5.95 Å². The van der Waals surface area contributed by atoms with Crippen LogP contribution in [0.5, 0.6) is 5.75 Å². The van der Waals surface area contributed by atoms with Gasteiger partial charge in [0.25, 0.3) is 0 Å². The topological polar surface area (TPSA) is 64.3 Å². The van der Waals surface area contributed by atoms with Crippen LogP contribution in [-0.2, 0) is 6.18 Å². The van der Waals surface area contributed by atoms with Gasteiger partial charge >= 0.3 is 12.5 Å². The maximum atomic E-state index is 12.9. The molecule has 3 rings (SSSR count). The Hall–Kier alpha value is -3.05. The van der Waals surface area contributed by atoms with Gasteiger partial charge in [-0.05, 0) is 31.2 Å². The molecule has 2 heterocycles. The van der Waals surface area contributed by atoms with E-state index < -0.39 is 23.9 Å². The molecule has 3 aromatic rings. The molecule has 164 valence electrons. The Morgan fingerprint density at radius 2 is 1.67 bits per heavy atom. The average Bonchev–Trinajstić information content (AvgIpc) is 3.01. The average molecular weight is 435 g/mol. The van der Waals surface area contributed by atoms with Gasteiger partial charge < -0.3 is 10.1 Å². The number of nitrogens with zero attached hydrogens (tertiary/aromatic N) is 4. The van der Waals surface area contributed by atoms with Crippen LogP contribution in [0.25, 0.3) is 16.8 Å². The summed E-state index contributed by atoms with van der Waals surface area (Å²) in [7, 11) is 1.54. The van der Waals surface area contributed by atoms with Crippen molar-refractivity contribution in [2.75, 3.05) is 12.4 Å². The van der Waals surface area contributed by atoms with Crippen LogP contribution in [0, 0.1) is 6.92 Å². The molecule has 0 atom stereocenters. The summed E-state index contributed by atoms with van der Waals surface area (Å²) in [5, 5.41) is 14.5. The van der Waals surface area contributed by atoms with Gasteiger partial charge in [-0.3, -0.25) is 0 Å². The first-order valence-electron chi connectivity index (χ1n) is 8.79. The fourth-order valence-electron chi connectivity index (χ4n) is 2.47. The Morgan fingerprint density at radius 1 is 1.03 bits per heavy atom. The minimum absolute atomic E-state index is 0.109. The minimum Gasteiger partial charge on any atom is -0.405 e. The maximum Gasteiger partial charge on any atom is 0.573 e. The molecule has 0 unspecified atom stereocenters. The summed E-state index contributed by atoms with van der Waals surface area (Å²) in [6.07, 6.45) is -8.78. The van der Waals surface area contributed by atoms with E-state index in [0.29, 0.717) is 11.8 Å². The molecular weight excluding hydrogens is 416 g/mol. The van der Waals surface area contributed by atoms with Crippen molar-refractivity contribution in [2.45, 2.75) is 39.7 Å². The fraction of sp³-hybridized carbons (Fsp3) is 0.389. The number of rotatable bonds is 3. The molecule has 0 aliphatic rings. The van der Waals surface area contributed by atoms with Crippen molar-refractivity contribution in [3.63, 3.8) is 0 Å². The van der Waals surface area contributed by atoms with Crippen molar-refractivity contribution < 1.29 is 31.1 Å². The smallest absolute Gasteiger partial charge is 0.405 e. The minimum atomic E-state index is -5.19. The van der Waals surface area contributed by atoms with Gasteiger partial charge in [0.15, 0.2) is 0 Å². The molecule has 0 saturated heterocycles. The monoisotopic (exact) mass is 435 g/mol. The first-order chi connectivity index (χ1) is 13.9. The number of hydrogen-bond acceptors (Lipinski definition) is 5. The maximum absolute atomic E-state index is 12.9. The summed E-state index contributed by atoms with van der Waals surface area (Å²) >= 11 is 0. The van der Waals surface area contributed by atoms with E-state index in [1.54, 1.807) is 6.92 Å². The molecule has 1 N–H and O–H groups in total. The van der Waals surface area contributed by atoms with E-state index in [1.807, 2.05) is 0 Å². The molecule has 0 fully saturated rings. The number of hydrogen-bond donors (Lipinski definition) is 1. The third-order valence-corrected chi connectivity index (χ3v) is 3.53. The highest BCUT2D eigenvalue weighted by Gasteiger charge is 2.36. The van der Waals surface area contributed by atoms with Crippen molar-refractivity contribution in [2.24, 2.45) is 0 Å². The molecule has 0 aliphatic heterocycles. The molecule has 2 aromatic heterocycles. The van der Waals surface area contributed by atoms with Gasteiger partial charge in [0, 0.05) is 12.6 Å². The van der Waals surface area contributed by atoms with Gasteiger partial charge in [-0.1, -0.05) is 20.3 Å². The second-order valence-corrected chi connectivity index (χ2v) is 6.17. The number of fused-ring (bicyclic) bond motifs is 1. The van der Waals surface area contributed by atoms with E-state index in [1.165, 1.54) is 24.1 Å². The molecule has 12 heteroatoms. The van der Waals surface area contributed by atoms with Gasteiger partial charge in [-0.15, -0.1) is 23.4 Å². The lowest BCUT2D eigenvalue weighted by molar-refractivity contribution is -0.274. The second-order valence-electron chi connectivity index (χ2n) is 6.17. The number of ether oxygens (including phenoxy) is 1. The van der Waals surface area contributed by atoms with E-state index in [4.69, 9.17) is 0 Å². The van der Waals surface area contributed by atoms with E-state index in [9.17, 15) is 26.3 Å². The summed E-state index contributed by atoms with van der Waals surface area (Å²) in [6, 6.07) is 3.29. The molecule has 0 spiro atoms. The first kappa shape index (κ1) is 23.2. The van der Waals surface area contributed by atoms with Crippen LogP contribution in [0.2, 0.25) is 0 Å². The molecule has 0 bridgehead atoms. The number of halogens is 6. The van der Waals surface area contributed by atoms with E-state index in [0.717, 1.165) is 6.07 Å². The van der Waals surface area contributed by atoms with Gasteiger partial charge in [0.1, 0.15) is 11.4 Å². The van der Waals surface area contributed by atoms with Crippen molar-refractivity contribution >= 4 is 11.5 Å². The van der Waals surface area contributed by atoms with Crippen molar-refractivity contribution in [1.29, 1.82) is 0 Å². The third-order valence-electron chi connectivity index (χ3n) is 3.53. The lowest BCUT2D eigenvalue weighted by Crippen LogP contribution is -2.18. The highest BCUT2D eigenvalue weighted by Crippen LogP contribution is 2.40. The number of alkyl halides is 6. The number of aromatic nitrogens is 4. The fourth-order valence-corrected chi connectivity index (χ4v) is 2.47. The SMILES string of the molecule is CCC.CNc1nnc(-c2ccc(C(F)(F)F)cc2OC(F)(F)F)c2cc(C)nn12. The Kier molecular flexibility index (Phi) is 6.78. The standard InChI is InChI=1S/C15H11F6N5O.C3H8/c1-7-5-10-12(23-24-13(22-2)26(10)25-7)9-4-3-8(14(16,17)18)6-11(9)27-15(19,20)21;1-3-2/h3-6H,1-2H3,(H,22,24);3H2,1-2H3. The lowest BCUT2D eigenvalue weighted by atomic mass is 10.1. The van der Waals surface area contributed by atoms with Gasteiger partial charge in [-0.25, -0.2) is 0 Å². The third kappa shape index (κ3) is 5.30. The Morgan fingerprint density at radius 3 is 2.20 bits per heavy atom. The highest BCUT2D eigenvalue weighted by atomic mass is 19.4. The number of benzene rings is 1. The van der Waals surface area contributed by atoms with Crippen LogP contribution < -0.4 is 10.1 Å². The van der Waals surface area contributed by atoms with Crippen LogP contribution in [0.15, 0.2) is 24.3 Å². The molecule has 1 aromatic carbocycles. The van der Waals surface area contributed by atoms with Crippen molar-refractivity contribution in [1.82, 2.24) is 19.8 Å². The zero-order valence-electron chi connectivity index (χ0n) is 16.5. The van der Waals surface area contributed by atoms with E-state index in [2.05, 4.69) is 39.2 Å². The summed E-state index contributed by atoms with van der Waals surface area (Å²) in [4.78, 5) is 0. The Labute approximate surface area is 167 Å². The summed E-state index contributed by atoms with van der Waals surface area (Å²) in [5.41, 5.74) is -0.944. The quantitative estimate of drug-likeness (QED) is 0.553. The molecule has 0 aliphatic carbocycles. The summed E-state index contributed by atoms with van der Waals surface area (Å²) in [6.45, 7) is 5.89. The van der Waals surface area contributed by atoms with Crippen LogP contribution in [-0.4, -0.2) is 33.2 Å². The van der Waals surface area contributed by atoms with Gasteiger partial charge in [0.05, 0.1) is 16.8 Å². The lowest BCUT2D eigenvalue weighted by Gasteiger charge is -2.16. The van der Waals surface area contributed by atoms with Crippen LogP contribution in [0.4, 0.5) is 32.3 Å². The van der Waals surface area contributed by atoms with Crippen molar-refractivity contribution in [3.05, 3.63) is 35.5 Å². The van der Waals surface area contributed by atoms with Crippen LogP contribution in [0.3, 0.4) is 0 Å². The number of anilines is 1. The number of nitrogens with one attached hydrogen (secondary N) is 1. The van der Waals surface area contributed by atoms with Gasteiger partial charge in [-0.2, -0.15) is 22.8 Å². The zero-order chi connectivity index (χ0) is 22.7. The summed E-state index contributed by atoms with van der Waals surface area (Å²) in [5.74, 6) is -0.836. The molecule has 0 amide bonds. The predicted molar refractivity (Wildman–Crippen MR) is 98.2 cm³/mol. The predicted octanol–water partition coefficient (Wildman–Crippen LogP) is 5.48. The zero-order valence-corrected chi connectivity index (χ0v) is 16.5. The Bertz CT molecular complexity index is 1010. The normalized spacial score (nSPS) is 11.8. The molecular formula is C18H19F6N5O. The van der Waals surface area contributed by atoms with Crippen LogP contribution >= 0.6 is 0 Å². The largest absolute Gasteiger partial charge is 0.573 e. The molecule has 6 nitrogen and oxygen atoms in total. The van der Waals surface area contributed by atoms with Crippen molar-refractivity contribution in [3.8, 4) is 17.0 Å². The van der Waals surface area contributed by atoms with E-state index >= 15 is 0 Å². The molecule has 30 heavy (non-hydrogen) atoms. The highest BCUT2D eigenvalue weighted by molar-refractivity contribution is 5.81. The first-order valence-corrected chi connectivity index (χ1v) is 8.79. The summed E-state index contributed by atoms with van der Waals surface area (Å²) < 4.78 is 82.0.